The van der Waals surface area contributed by atoms with Crippen molar-refractivity contribution < 1.29 is 4.74 Å². The number of pyridine rings is 1. The molecule has 20 heavy (non-hydrogen) atoms. The quantitative estimate of drug-likeness (QED) is 0.903. The van der Waals surface area contributed by atoms with Gasteiger partial charge in [-0.3, -0.25) is 4.98 Å². The maximum Gasteiger partial charge on any atom is 0.224 e. The number of hydrogen-bond donors (Lipinski definition) is 1. The molecule has 0 bridgehead atoms. The fraction of sp³-hybridized carbons (Fsp3) is 0.400. The van der Waals surface area contributed by atoms with Crippen LogP contribution in [-0.2, 0) is 0 Å². The zero-order valence-corrected chi connectivity index (χ0v) is 11.8. The second kappa shape index (κ2) is 5.45. The molecular weight excluding hydrogens is 252 g/mol. The summed E-state index contributed by atoms with van der Waals surface area (Å²) >= 11 is 0. The molecule has 2 aromatic rings. The van der Waals surface area contributed by atoms with E-state index in [1.54, 1.807) is 6.20 Å². The molecule has 5 nitrogen and oxygen atoms in total. The van der Waals surface area contributed by atoms with Crippen LogP contribution in [0.25, 0.3) is 0 Å². The highest BCUT2D eigenvalue weighted by Gasteiger charge is 2.27. The third-order valence-electron chi connectivity index (χ3n) is 3.13. The molecule has 0 spiro atoms. The van der Waals surface area contributed by atoms with E-state index in [9.17, 15) is 0 Å². The molecule has 0 aliphatic heterocycles. The summed E-state index contributed by atoms with van der Waals surface area (Å²) in [5.74, 6) is 3.45. The first-order valence-electron chi connectivity index (χ1n) is 6.98. The highest BCUT2D eigenvalue weighted by Crippen LogP contribution is 2.39. The van der Waals surface area contributed by atoms with Gasteiger partial charge in [0.05, 0.1) is 6.20 Å². The lowest BCUT2D eigenvalue weighted by atomic mass is 10.3. The van der Waals surface area contributed by atoms with Crippen LogP contribution >= 0.6 is 0 Å². The maximum atomic E-state index is 5.79. The standard InChI is InChI=1S/C15H18N4O/c1-3-16-13-8-14(19-15(18-13)11-5-6-11)20-12-7-4-10(2)17-9-12/h4,7-9,11H,3,5-6H2,1-2H3,(H,16,18,19). The van der Waals surface area contributed by atoms with Crippen molar-refractivity contribution in [1.29, 1.82) is 0 Å². The van der Waals surface area contributed by atoms with E-state index in [4.69, 9.17) is 4.74 Å². The van der Waals surface area contributed by atoms with Crippen molar-refractivity contribution in [2.45, 2.75) is 32.6 Å². The van der Waals surface area contributed by atoms with Crippen LogP contribution in [0.3, 0.4) is 0 Å². The van der Waals surface area contributed by atoms with Crippen LogP contribution in [0.2, 0.25) is 0 Å². The van der Waals surface area contributed by atoms with Gasteiger partial charge in [0, 0.05) is 24.2 Å². The third-order valence-corrected chi connectivity index (χ3v) is 3.13. The predicted molar refractivity (Wildman–Crippen MR) is 77.2 cm³/mol. The van der Waals surface area contributed by atoms with Crippen molar-refractivity contribution in [1.82, 2.24) is 15.0 Å². The molecule has 5 heteroatoms. The van der Waals surface area contributed by atoms with E-state index in [0.29, 0.717) is 17.5 Å². The number of aromatic nitrogens is 3. The Morgan fingerprint density at radius 1 is 1.30 bits per heavy atom. The number of nitrogens with zero attached hydrogens (tertiary/aromatic N) is 3. The lowest BCUT2D eigenvalue weighted by Crippen LogP contribution is -2.04. The Labute approximate surface area is 118 Å². The van der Waals surface area contributed by atoms with Crippen molar-refractivity contribution in [3.63, 3.8) is 0 Å². The van der Waals surface area contributed by atoms with Crippen molar-refractivity contribution in [3.05, 3.63) is 35.9 Å². The summed E-state index contributed by atoms with van der Waals surface area (Å²) < 4.78 is 5.79. The summed E-state index contributed by atoms with van der Waals surface area (Å²) in [5, 5.41) is 3.22. The number of ether oxygens (including phenoxy) is 1. The first kappa shape index (κ1) is 12.8. The van der Waals surface area contributed by atoms with Crippen LogP contribution in [0.5, 0.6) is 11.6 Å². The lowest BCUT2D eigenvalue weighted by Gasteiger charge is -2.09. The number of hydrogen-bond acceptors (Lipinski definition) is 5. The van der Waals surface area contributed by atoms with Crippen LogP contribution in [0.4, 0.5) is 5.82 Å². The monoisotopic (exact) mass is 270 g/mol. The maximum absolute atomic E-state index is 5.79. The highest BCUT2D eigenvalue weighted by atomic mass is 16.5. The fourth-order valence-corrected chi connectivity index (χ4v) is 1.93. The van der Waals surface area contributed by atoms with E-state index < -0.39 is 0 Å². The van der Waals surface area contributed by atoms with Crippen molar-refractivity contribution in [2.75, 3.05) is 11.9 Å². The van der Waals surface area contributed by atoms with Crippen LogP contribution < -0.4 is 10.1 Å². The zero-order chi connectivity index (χ0) is 13.9. The van der Waals surface area contributed by atoms with E-state index >= 15 is 0 Å². The zero-order valence-electron chi connectivity index (χ0n) is 11.8. The average molecular weight is 270 g/mol. The van der Waals surface area contributed by atoms with Gasteiger partial charge >= 0.3 is 0 Å². The van der Waals surface area contributed by atoms with E-state index in [1.165, 1.54) is 12.8 Å². The number of aryl methyl sites for hydroxylation is 1. The molecule has 1 fully saturated rings. The molecule has 1 aliphatic rings. The second-order valence-corrected chi connectivity index (χ2v) is 4.99. The van der Waals surface area contributed by atoms with Gasteiger partial charge in [-0.15, -0.1) is 0 Å². The minimum absolute atomic E-state index is 0.493. The van der Waals surface area contributed by atoms with E-state index in [2.05, 4.69) is 20.3 Å². The van der Waals surface area contributed by atoms with E-state index in [1.807, 2.05) is 32.0 Å². The molecule has 0 amide bonds. The Bertz CT molecular complexity index is 593. The van der Waals surface area contributed by atoms with Crippen LogP contribution in [0.15, 0.2) is 24.4 Å². The number of anilines is 1. The van der Waals surface area contributed by atoms with Crippen LogP contribution in [0.1, 0.15) is 37.2 Å². The van der Waals surface area contributed by atoms with E-state index in [0.717, 1.165) is 23.9 Å². The van der Waals surface area contributed by atoms with Gasteiger partial charge in [-0.2, -0.15) is 4.98 Å². The summed E-state index contributed by atoms with van der Waals surface area (Å²) in [6, 6.07) is 5.65. The minimum Gasteiger partial charge on any atom is -0.437 e. The van der Waals surface area contributed by atoms with Gasteiger partial charge in [0.25, 0.3) is 0 Å². The van der Waals surface area contributed by atoms with Crippen molar-refractivity contribution in [3.8, 4) is 11.6 Å². The SMILES string of the molecule is CCNc1cc(Oc2ccc(C)nc2)nc(C2CC2)n1. The molecule has 2 heterocycles. The van der Waals surface area contributed by atoms with Gasteiger partial charge in [-0.05, 0) is 38.8 Å². The predicted octanol–water partition coefficient (Wildman–Crippen LogP) is 3.28. The third kappa shape index (κ3) is 3.04. The Morgan fingerprint density at radius 2 is 2.15 bits per heavy atom. The van der Waals surface area contributed by atoms with Gasteiger partial charge in [0.2, 0.25) is 5.88 Å². The molecule has 3 rings (SSSR count). The summed E-state index contributed by atoms with van der Waals surface area (Å²) in [6.07, 6.45) is 4.05. The highest BCUT2D eigenvalue weighted by molar-refractivity contribution is 5.40. The molecular formula is C15H18N4O. The number of rotatable bonds is 5. The fourth-order valence-electron chi connectivity index (χ4n) is 1.93. The molecule has 0 saturated heterocycles. The number of nitrogens with one attached hydrogen (secondary N) is 1. The summed E-state index contributed by atoms with van der Waals surface area (Å²) in [6.45, 7) is 4.82. The molecule has 0 aromatic carbocycles. The van der Waals surface area contributed by atoms with Crippen molar-refractivity contribution in [2.24, 2.45) is 0 Å². The molecule has 1 saturated carbocycles. The largest absolute Gasteiger partial charge is 0.437 e. The van der Waals surface area contributed by atoms with Gasteiger partial charge in [-0.25, -0.2) is 4.98 Å². The molecule has 2 aromatic heterocycles. The Morgan fingerprint density at radius 3 is 2.80 bits per heavy atom. The summed E-state index contributed by atoms with van der Waals surface area (Å²) in [4.78, 5) is 13.2. The Kier molecular flexibility index (Phi) is 3.50. The molecule has 0 radical (unpaired) electrons. The summed E-state index contributed by atoms with van der Waals surface area (Å²) in [7, 11) is 0. The van der Waals surface area contributed by atoms with Gasteiger partial charge in [-0.1, -0.05) is 0 Å². The molecule has 0 unspecified atom stereocenters. The smallest absolute Gasteiger partial charge is 0.224 e. The van der Waals surface area contributed by atoms with Crippen LogP contribution in [0, 0.1) is 6.92 Å². The normalized spacial score (nSPS) is 14.1. The first-order valence-corrected chi connectivity index (χ1v) is 6.98. The van der Waals surface area contributed by atoms with Gasteiger partial charge < -0.3 is 10.1 Å². The topological polar surface area (TPSA) is 59.9 Å². The minimum atomic E-state index is 0.493. The van der Waals surface area contributed by atoms with Crippen LogP contribution in [-0.4, -0.2) is 21.5 Å². The Balaban J connectivity index is 1.85. The Hall–Kier alpha value is -2.17. The molecule has 1 N–H and O–H groups in total. The lowest BCUT2D eigenvalue weighted by molar-refractivity contribution is 0.456. The summed E-state index contributed by atoms with van der Waals surface area (Å²) in [5.41, 5.74) is 0.965. The molecule has 104 valence electrons. The van der Waals surface area contributed by atoms with Gasteiger partial charge in [0.1, 0.15) is 17.4 Å². The second-order valence-electron chi connectivity index (χ2n) is 4.99. The molecule has 1 aliphatic carbocycles. The van der Waals surface area contributed by atoms with E-state index in [-0.39, 0.29) is 0 Å². The van der Waals surface area contributed by atoms with Gasteiger partial charge in [0.15, 0.2) is 0 Å². The average Bonchev–Trinajstić information content (AvgIpc) is 3.26. The molecule has 0 atom stereocenters. The first-order chi connectivity index (χ1) is 9.74. The van der Waals surface area contributed by atoms with Crippen molar-refractivity contribution >= 4 is 5.82 Å².